The van der Waals surface area contributed by atoms with Gasteiger partial charge in [-0.1, -0.05) is 18.2 Å². The summed E-state index contributed by atoms with van der Waals surface area (Å²) in [6.07, 6.45) is 1.38. The molecule has 9 heteroatoms. The molecule has 0 aliphatic carbocycles. The number of benzene rings is 2. The fraction of sp³-hybridized carbons (Fsp3) is 0.391. The van der Waals surface area contributed by atoms with Gasteiger partial charge in [-0.05, 0) is 31.0 Å². The SMILES string of the molecule is O=C(Nc1ccccc1)C1CCCN(C(=O)c2cc([N+](=O)[O-])ccc2N2CCOCC2)C1. The van der Waals surface area contributed by atoms with Crippen LogP contribution in [0.2, 0.25) is 0 Å². The number of hydrogen-bond acceptors (Lipinski definition) is 6. The lowest BCUT2D eigenvalue weighted by molar-refractivity contribution is -0.384. The molecule has 2 aromatic carbocycles. The average molecular weight is 438 g/mol. The summed E-state index contributed by atoms with van der Waals surface area (Å²) in [6.45, 7) is 3.09. The molecule has 4 rings (SSSR count). The number of hydrogen-bond donors (Lipinski definition) is 1. The van der Waals surface area contributed by atoms with Crippen LogP contribution in [0.3, 0.4) is 0 Å². The van der Waals surface area contributed by atoms with Crippen molar-refractivity contribution in [3.8, 4) is 0 Å². The number of ether oxygens (including phenoxy) is 1. The molecule has 32 heavy (non-hydrogen) atoms. The maximum atomic E-state index is 13.5. The van der Waals surface area contributed by atoms with Crippen LogP contribution >= 0.6 is 0 Å². The van der Waals surface area contributed by atoms with E-state index in [0.717, 1.165) is 0 Å². The topological polar surface area (TPSA) is 105 Å². The van der Waals surface area contributed by atoms with Gasteiger partial charge in [0.2, 0.25) is 5.91 Å². The molecule has 2 aromatic rings. The molecule has 1 unspecified atom stereocenters. The molecule has 1 atom stereocenters. The number of piperidine rings is 1. The quantitative estimate of drug-likeness (QED) is 0.569. The van der Waals surface area contributed by atoms with Gasteiger partial charge in [0.1, 0.15) is 0 Å². The van der Waals surface area contributed by atoms with E-state index in [9.17, 15) is 19.7 Å². The Hall–Kier alpha value is -3.46. The van der Waals surface area contributed by atoms with E-state index in [1.54, 1.807) is 11.0 Å². The smallest absolute Gasteiger partial charge is 0.270 e. The van der Waals surface area contributed by atoms with Gasteiger partial charge in [0.15, 0.2) is 0 Å². The molecule has 0 saturated carbocycles. The van der Waals surface area contributed by atoms with E-state index in [1.807, 2.05) is 35.2 Å². The Morgan fingerprint density at radius 3 is 2.53 bits per heavy atom. The number of amides is 2. The largest absolute Gasteiger partial charge is 0.378 e. The lowest BCUT2D eigenvalue weighted by Crippen LogP contribution is -2.44. The first-order valence-electron chi connectivity index (χ1n) is 10.8. The van der Waals surface area contributed by atoms with Crippen LogP contribution in [0.15, 0.2) is 48.5 Å². The molecule has 0 bridgehead atoms. The van der Waals surface area contributed by atoms with Crippen LogP contribution in [0.5, 0.6) is 0 Å². The first-order chi connectivity index (χ1) is 15.5. The third-order valence-electron chi connectivity index (χ3n) is 5.89. The van der Waals surface area contributed by atoms with Crippen molar-refractivity contribution in [2.24, 2.45) is 5.92 Å². The molecule has 0 radical (unpaired) electrons. The summed E-state index contributed by atoms with van der Waals surface area (Å²) in [5.41, 5.74) is 1.56. The molecule has 2 amide bonds. The average Bonchev–Trinajstić information content (AvgIpc) is 2.84. The zero-order chi connectivity index (χ0) is 22.5. The van der Waals surface area contributed by atoms with Crippen LogP contribution in [0.1, 0.15) is 23.2 Å². The number of non-ortho nitro benzene ring substituents is 1. The standard InChI is InChI=1S/C23H26N4O5/c28-22(24-18-6-2-1-3-7-18)17-5-4-10-26(16-17)23(29)20-15-19(27(30)31)8-9-21(20)25-11-13-32-14-12-25/h1-3,6-9,15,17H,4-5,10-14,16H2,(H,24,28). The Balaban J connectivity index is 1.54. The molecule has 1 N–H and O–H groups in total. The van der Waals surface area contributed by atoms with E-state index in [-0.39, 0.29) is 30.0 Å². The first kappa shape index (κ1) is 21.8. The number of carbonyl (C=O) groups excluding carboxylic acids is 2. The minimum absolute atomic E-state index is 0.124. The van der Waals surface area contributed by atoms with Crippen molar-refractivity contribution in [1.29, 1.82) is 0 Å². The highest BCUT2D eigenvalue weighted by Gasteiger charge is 2.31. The molecule has 0 spiro atoms. The summed E-state index contributed by atoms with van der Waals surface area (Å²) in [5, 5.41) is 14.3. The molecular weight excluding hydrogens is 412 g/mol. The fourth-order valence-electron chi connectivity index (χ4n) is 4.20. The van der Waals surface area contributed by atoms with Crippen molar-refractivity contribution in [2.45, 2.75) is 12.8 Å². The first-order valence-corrected chi connectivity index (χ1v) is 10.8. The number of morpholine rings is 1. The molecule has 2 fully saturated rings. The number of carbonyl (C=O) groups is 2. The van der Waals surface area contributed by atoms with E-state index in [1.165, 1.54) is 12.1 Å². The third-order valence-corrected chi connectivity index (χ3v) is 5.89. The van der Waals surface area contributed by atoms with Gasteiger partial charge in [0.05, 0.1) is 35.3 Å². The summed E-state index contributed by atoms with van der Waals surface area (Å²) in [6, 6.07) is 13.6. The van der Waals surface area contributed by atoms with Gasteiger partial charge >= 0.3 is 0 Å². The van der Waals surface area contributed by atoms with Crippen molar-refractivity contribution in [3.63, 3.8) is 0 Å². The fourth-order valence-corrected chi connectivity index (χ4v) is 4.20. The number of para-hydroxylation sites is 1. The number of nitrogens with zero attached hydrogens (tertiary/aromatic N) is 3. The summed E-state index contributed by atoms with van der Waals surface area (Å²) in [4.78, 5) is 40.8. The third kappa shape index (κ3) is 4.88. The molecule has 168 valence electrons. The molecule has 0 aromatic heterocycles. The van der Waals surface area contributed by atoms with Gasteiger partial charge in [-0.2, -0.15) is 0 Å². The Bertz CT molecular complexity index is 991. The number of anilines is 2. The molecule has 2 aliphatic rings. The second-order valence-corrected chi connectivity index (χ2v) is 8.00. The van der Waals surface area contributed by atoms with Crippen LogP contribution < -0.4 is 10.2 Å². The van der Waals surface area contributed by atoms with Crippen LogP contribution in [0.4, 0.5) is 17.1 Å². The number of likely N-dealkylation sites (tertiary alicyclic amines) is 1. The summed E-state index contributed by atoms with van der Waals surface area (Å²) in [5.74, 6) is -0.744. The van der Waals surface area contributed by atoms with Gasteiger partial charge in [-0.15, -0.1) is 0 Å². The van der Waals surface area contributed by atoms with Gasteiger partial charge in [0.25, 0.3) is 11.6 Å². The Morgan fingerprint density at radius 2 is 1.81 bits per heavy atom. The zero-order valence-corrected chi connectivity index (χ0v) is 17.7. The Kier molecular flexibility index (Phi) is 6.65. The monoisotopic (exact) mass is 438 g/mol. The van der Waals surface area contributed by atoms with E-state index in [0.29, 0.717) is 62.6 Å². The maximum Gasteiger partial charge on any atom is 0.270 e. The summed E-state index contributed by atoms with van der Waals surface area (Å²) >= 11 is 0. The predicted molar refractivity (Wildman–Crippen MR) is 120 cm³/mol. The van der Waals surface area contributed by atoms with E-state index in [4.69, 9.17) is 4.74 Å². The van der Waals surface area contributed by atoms with Gasteiger partial charge < -0.3 is 19.9 Å². The molecule has 2 saturated heterocycles. The predicted octanol–water partition coefficient (Wildman–Crippen LogP) is 2.92. The van der Waals surface area contributed by atoms with E-state index >= 15 is 0 Å². The van der Waals surface area contributed by atoms with Crippen molar-refractivity contribution < 1.29 is 19.2 Å². The summed E-state index contributed by atoms with van der Waals surface area (Å²) < 4.78 is 5.40. The Labute approximate surface area is 186 Å². The van der Waals surface area contributed by atoms with Crippen LogP contribution in [-0.2, 0) is 9.53 Å². The van der Waals surface area contributed by atoms with Gasteiger partial charge in [0, 0.05) is 44.0 Å². The number of nitrogens with one attached hydrogen (secondary N) is 1. The lowest BCUT2D eigenvalue weighted by atomic mass is 9.96. The highest BCUT2D eigenvalue weighted by molar-refractivity contribution is 6.01. The minimum atomic E-state index is -0.494. The van der Waals surface area contributed by atoms with Crippen LogP contribution in [-0.4, -0.2) is 61.0 Å². The zero-order valence-electron chi connectivity index (χ0n) is 17.7. The highest BCUT2D eigenvalue weighted by Crippen LogP contribution is 2.29. The molecule has 2 aliphatic heterocycles. The van der Waals surface area contributed by atoms with E-state index in [2.05, 4.69) is 5.32 Å². The van der Waals surface area contributed by atoms with Gasteiger partial charge in [-0.3, -0.25) is 19.7 Å². The second-order valence-electron chi connectivity index (χ2n) is 8.00. The molecule has 9 nitrogen and oxygen atoms in total. The lowest BCUT2D eigenvalue weighted by Gasteiger charge is -2.34. The van der Waals surface area contributed by atoms with Gasteiger partial charge in [-0.25, -0.2) is 0 Å². The van der Waals surface area contributed by atoms with Crippen molar-refractivity contribution in [1.82, 2.24) is 4.90 Å². The highest BCUT2D eigenvalue weighted by atomic mass is 16.6. The maximum absolute atomic E-state index is 13.5. The molecule has 2 heterocycles. The van der Waals surface area contributed by atoms with E-state index < -0.39 is 4.92 Å². The Morgan fingerprint density at radius 1 is 1.06 bits per heavy atom. The van der Waals surface area contributed by atoms with Crippen molar-refractivity contribution >= 4 is 28.9 Å². The molecular formula is C23H26N4O5. The summed E-state index contributed by atoms with van der Waals surface area (Å²) in [7, 11) is 0. The van der Waals surface area contributed by atoms with Crippen LogP contribution in [0.25, 0.3) is 0 Å². The minimum Gasteiger partial charge on any atom is -0.378 e. The van der Waals surface area contributed by atoms with Crippen molar-refractivity contribution in [3.05, 3.63) is 64.2 Å². The second kappa shape index (κ2) is 9.78. The number of nitro groups is 1. The van der Waals surface area contributed by atoms with Crippen LogP contribution in [0, 0.1) is 16.0 Å². The normalized spacial score (nSPS) is 18.8. The van der Waals surface area contributed by atoms with Crippen molar-refractivity contribution in [2.75, 3.05) is 49.6 Å². The number of rotatable bonds is 5. The number of nitro benzene ring substituents is 1.